The quantitative estimate of drug-likeness (QED) is 0.150. The number of Topliss-reactive ketones (excluding diaryl/α,β-unsaturated/α-hetero) is 2. The predicted molar refractivity (Wildman–Crippen MR) is 129 cm³/mol. The van der Waals surface area contributed by atoms with E-state index in [4.69, 9.17) is 26.7 Å². The van der Waals surface area contributed by atoms with Crippen molar-refractivity contribution in [2.24, 2.45) is 5.73 Å². The second kappa shape index (κ2) is 9.46. The van der Waals surface area contributed by atoms with Crippen LogP contribution < -0.4 is 26.7 Å². The largest absolute Gasteiger partial charge is 0.474 e. The molecule has 0 aliphatic heterocycles. The van der Waals surface area contributed by atoms with E-state index >= 15 is 0 Å². The number of allylic oxidation sites excluding steroid dienone is 2. The summed E-state index contributed by atoms with van der Waals surface area (Å²) in [4.78, 5) is 46.0. The molecule has 0 saturated heterocycles. The van der Waals surface area contributed by atoms with Crippen molar-refractivity contribution in [1.29, 1.82) is 0 Å². The number of non-ortho nitro benzene ring substituents is 2. The molecule has 6 N–H and O–H groups in total. The molecule has 0 spiro atoms. The maximum absolute atomic E-state index is 13.1. The van der Waals surface area contributed by atoms with E-state index < -0.39 is 39.2 Å². The summed E-state index contributed by atoms with van der Waals surface area (Å²) in [6.07, 6.45) is 3.59. The van der Waals surface area contributed by atoms with Crippen LogP contribution in [0.15, 0.2) is 60.2 Å². The molecule has 13 heteroatoms. The first-order valence-electron chi connectivity index (χ1n) is 10.4. The molecule has 2 unspecified atom stereocenters. The number of hydrogen-bond donors (Lipinski definition) is 3. The van der Waals surface area contributed by atoms with Crippen LogP contribution in [0.3, 0.4) is 0 Å². The van der Waals surface area contributed by atoms with Gasteiger partial charge in [0, 0.05) is 17.7 Å². The number of anilines is 2. The molecular weight excluding hydrogens is 474 g/mol. The van der Waals surface area contributed by atoms with Crippen molar-refractivity contribution >= 4 is 34.3 Å². The average Bonchev–Trinajstić information content (AvgIpc) is 2.78. The Morgan fingerprint density at radius 1 is 0.944 bits per heavy atom. The molecule has 0 amide bonds. The van der Waals surface area contributed by atoms with E-state index in [-0.39, 0.29) is 39.8 Å². The lowest BCUT2D eigenvalue weighted by molar-refractivity contribution is -0.385. The number of nitro groups is 2. The van der Waals surface area contributed by atoms with Crippen molar-refractivity contribution in [3.63, 3.8) is 0 Å². The Balaban J connectivity index is 2.17. The molecule has 0 radical (unpaired) electrons. The Bertz CT molecular complexity index is 1340. The number of ketones is 2. The number of rotatable bonds is 9. The summed E-state index contributed by atoms with van der Waals surface area (Å²) in [7, 11) is 0. The fourth-order valence-corrected chi connectivity index (χ4v) is 3.61. The van der Waals surface area contributed by atoms with Crippen LogP contribution in [0.4, 0.5) is 22.7 Å². The van der Waals surface area contributed by atoms with Gasteiger partial charge in [0.05, 0.1) is 39.8 Å². The highest BCUT2D eigenvalue weighted by molar-refractivity contribution is 6.08. The smallest absolute Gasteiger partial charge is 0.273 e. The van der Waals surface area contributed by atoms with Crippen LogP contribution in [-0.4, -0.2) is 32.7 Å². The molecular formula is C23H23N5O8. The van der Waals surface area contributed by atoms with Crippen molar-refractivity contribution in [2.45, 2.75) is 31.6 Å². The van der Waals surface area contributed by atoms with Gasteiger partial charge in [0.1, 0.15) is 5.78 Å². The van der Waals surface area contributed by atoms with Crippen molar-refractivity contribution < 1.29 is 28.9 Å². The van der Waals surface area contributed by atoms with Gasteiger partial charge in [-0.15, -0.1) is 0 Å². The minimum atomic E-state index is -2.05. The van der Waals surface area contributed by atoms with Gasteiger partial charge in [-0.1, -0.05) is 12.2 Å². The summed E-state index contributed by atoms with van der Waals surface area (Å²) in [5.74, 6) is -1.45. The Kier molecular flexibility index (Phi) is 6.79. The molecule has 36 heavy (non-hydrogen) atoms. The standard InChI is InChI=1S/C23H23N5O8/c1-13(29)10-19(30)16-4-3-9-23(26,36-21-12-15(28(33)34)6-8-18(21)25)22(16,2)35-20-11-14(27(31)32)5-7-17(20)24/h3-9,11-12H,10,24-26H2,1-2H3. The lowest BCUT2D eigenvalue weighted by Crippen LogP contribution is -2.67. The van der Waals surface area contributed by atoms with Crippen molar-refractivity contribution in [3.05, 3.63) is 80.4 Å². The number of nitrogens with two attached hydrogens (primary N) is 3. The summed E-state index contributed by atoms with van der Waals surface area (Å²) in [5, 5.41) is 22.6. The van der Waals surface area contributed by atoms with Crippen LogP contribution >= 0.6 is 0 Å². The van der Waals surface area contributed by atoms with Gasteiger partial charge in [-0.3, -0.25) is 35.6 Å². The van der Waals surface area contributed by atoms with E-state index in [0.29, 0.717) is 0 Å². The highest BCUT2D eigenvalue weighted by Gasteiger charge is 2.55. The number of carbonyl (C=O) groups excluding carboxylic acids is 2. The zero-order valence-corrected chi connectivity index (χ0v) is 19.3. The van der Waals surface area contributed by atoms with Crippen LogP contribution in [-0.2, 0) is 9.59 Å². The van der Waals surface area contributed by atoms with Crippen LogP contribution in [0.25, 0.3) is 0 Å². The van der Waals surface area contributed by atoms with Gasteiger partial charge in [0.25, 0.3) is 11.4 Å². The van der Waals surface area contributed by atoms with E-state index in [9.17, 15) is 29.8 Å². The minimum absolute atomic E-state index is 0.00204. The number of carbonyl (C=O) groups is 2. The Morgan fingerprint density at radius 2 is 1.44 bits per heavy atom. The van der Waals surface area contributed by atoms with Gasteiger partial charge in [-0.25, -0.2) is 0 Å². The highest BCUT2D eigenvalue weighted by atomic mass is 16.6. The second-order valence-electron chi connectivity index (χ2n) is 8.23. The van der Waals surface area contributed by atoms with Gasteiger partial charge in [-0.05, 0) is 32.1 Å². The molecule has 1 aliphatic rings. The van der Waals surface area contributed by atoms with Gasteiger partial charge < -0.3 is 20.9 Å². The molecule has 2 aromatic carbocycles. The summed E-state index contributed by atoms with van der Waals surface area (Å²) in [6.45, 7) is 2.59. The van der Waals surface area contributed by atoms with Gasteiger partial charge in [-0.2, -0.15) is 0 Å². The number of ether oxygens (including phenoxy) is 2. The summed E-state index contributed by atoms with van der Waals surface area (Å²) < 4.78 is 12.0. The number of nitrogens with zero attached hydrogens (tertiary/aromatic N) is 2. The zero-order valence-electron chi connectivity index (χ0n) is 19.3. The average molecular weight is 497 g/mol. The van der Waals surface area contributed by atoms with E-state index in [0.717, 1.165) is 12.1 Å². The van der Waals surface area contributed by atoms with Crippen molar-refractivity contribution in [2.75, 3.05) is 11.5 Å². The van der Waals surface area contributed by atoms with E-state index in [1.165, 1.54) is 56.3 Å². The van der Waals surface area contributed by atoms with Gasteiger partial charge in [0.15, 0.2) is 22.9 Å². The zero-order chi connectivity index (χ0) is 26.8. The molecule has 1 aliphatic carbocycles. The Labute approximate surface area is 204 Å². The number of hydrogen-bond acceptors (Lipinski definition) is 11. The lowest BCUT2D eigenvalue weighted by atomic mass is 9.78. The van der Waals surface area contributed by atoms with Gasteiger partial charge in [0.2, 0.25) is 5.72 Å². The number of nitrogen functional groups attached to an aromatic ring is 2. The van der Waals surface area contributed by atoms with E-state index in [2.05, 4.69) is 0 Å². The molecule has 2 atom stereocenters. The fourth-order valence-electron chi connectivity index (χ4n) is 3.61. The molecule has 0 heterocycles. The molecule has 0 saturated carbocycles. The third-order valence-electron chi connectivity index (χ3n) is 5.59. The summed E-state index contributed by atoms with van der Waals surface area (Å²) in [6, 6.07) is 6.93. The van der Waals surface area contributed by atoms with E-state index in [1.54, 1.807) is 0 Å². The molecule has 0 aromatic heterocycles. The highest BCUT2D eigenvalue weighted by Crippen LogP contribution is 2.43. The third kappa shape index (κ3) is 4.86. The first-order valence-corrected chi connectivity index (χ1v) is 10.4. The van der Waals surface area contributed by atoms with Crippen LogP contribution in [0.5, 0.6) is 11.5 Å². The fraction of sp³-hybridized carbons (Fsp3) is 0.217. The van der Waals surface area contributed by atoms with Crippen LogP contribution in [0.2, 0.25) is 0 Å². The van der Waals surface area contributed by atoms with Crippen molar-refractivity contribution in [1.82, 2.24) is 0 Å². The minimum Gasteiger partial charge on any atom is -0.474 e. The first-order chi connectivity index (χ1) is 16.8. The van der Waals surface area contributed by atoms with E-state index in [1.807, 2.05) is 0 Å². The monoisotopic (exact) mass is 497 g/mol. The third-order valence-corrected chi connectivity index (χ3v) is 5.59. The predicted octanol–water partition coefficient (Wildman–Crippen LogP) is 2.58. The Hall–Kier alpha value is -4.78. The maximum atomic E-state index is 13.1. The lowest BCUT2D eigenvalue weighted by Gasteiger charge is -2.46. The topological polar surface area (TPSA) is 217 Å². The maximum Gasteiger partial charge on any atom is 0.273 e. The molecule has 0 bridgehead atoms. The molecule has 13 nitrogen and oxygen atoms in total. The van der Waals surface area contributed by atoms with Crippen LogP contribution in [0, 0.1) is 20.2 Å². The number of nitro benzene ring substituents is 2. The van der Waals surface area contributed by atoms with Gasteiger partial charge >= 0.3 is 0 Å². The van der Waals surface area contributed by atoms with Crippen LogP contribution in [0.1, 0.15) is 20.3 Å². The molecule has 3 rings (SSSR count). The summed E-state index contributed by atoms with van der Waals surface area (Å²) in [5.41, 5.74) is 13.8. The second-order valence-corrected chi connectivity index (χ2v) is 8.23. The SMILES string of the molecule is CC(=O)CC(=O)C1=CC=CC(N)(Oc2cc([N+](=O)[O-])ccc2N)C1(C)Oc1cc([N+](=O)[O-])ccc1N. The van der Waals surface area contributed by atoms with Crippen molar-refractivity contribution in [3.8, 4) is 11.5 Å². The number of benzene rings is 2. The summed E-state index contributed by atoms with van der Waals surface area (Å²) >= 11 is 0. The molecule has 2 aromatic rings. The molecule has 0 fully saturated rings. The first kappa shape index (κ1) is 25.8. The normalized spacial score (nSPS) is 20.8. The molecule has 188 valence electrons. The Morgan fingerprint density at radius 3 is 1.92 bits per heavy atom.